The van der Waals surface area contributed by atoms with Gasteiger partial charge in [0.15, 0.2) is 0 Å². The highest BCUT2D eigenvalue weighted by molar-refractivity contribution is 6.27. The number of rotatable bonds is 7. The molecule has 0 bridgehead atoms. The molecule has 0 amide bonds. The van der Waals surface area contributed by atoms with Gasteiger partial charge in [0, 0.05) is 12.0 Å². The smallest absolute Gasteiger partial charge is 0.341 e. The van der Waals surface area contributed by atoms with Gasteiger partial charge in [-0.3, -0.25) is 0 Å². The first-order valence-electron chi connectivity index (χ1n) is 10.4. The van der Waals surface area contributed by atoms with Gasteiger partial charge < -0.3 is 24.6 Å². The fourth-order valence-electron chi connectivity index (χ4n) is 3.67. The lowest BCUT2D eigenvalue weighted by Crippen LogP contribution is -2.20. The van der Waals surface area contributed by atoms with E-state index in [-0.39, 0.29) is 34.9 Å². The zero-order valence-corrected chi connectivity index (χ0v) is 19.2. The van der Waals surface area contributed by atoms with Crippen LogP contribution in [0.3, 0.4) is 0 Å². The number of allylic oxidation sites excluding steroid dienone is 3. The van der Waals surface area contributed by atoms with Gasteiger partial charge in [-0.15, -0.1) is 0 Å². The largest absolute Gasteiger partial charge is 0.496 e. The molecule has 2 aromatic rings. The Labute approximate surface area is 196 Å². The standard InChI is InChI=1S/C25H25FN2O6/c1-14(2)9-12-20(34-25(29)15-7-5-6-8-17(15)26)16-13-21(32-3)22-18(27-30)10-11-19(28-31)23(22)24(16)33-4/h5-11,13,20,30-31H,12H2,1-4H3/t20-/m0/s1. The molecule has 8 nitrogen and oxygen atoms in total. The Morgan fingerprint density at radius 3 is 2.26 bits per heavy atom. The molecule has 34 heavy (non-hydrogen) atoms. The van der Waals surface area contributed by atoms with Crippen LogP contribution in [0.1, 0.15) is 53.4 Å². The number of hydrogen-bond donors (Lipinski definition) is 2. The van der Waals surface area contributed by atoms with Crippen molar-refractivity contribution >= 4 is 17.4 Å². The van der Waals surface area contributed by atoms with Crippen LogP contribution in [0.25, 0.3) is 0 Å². The zero-order valence-electron chi connectivity index (χ0n) is 19.2. The fourth-order valence-corrected chi connectivity index (χ4v) is 3.67. The van der Waals surface area contributed by atoms with Gasteiger partial charge in [-0.1, -0.05) is 34.1 Å². The number of fused-ring (bicyclic) bond motifs is 1. The second kappa shape index (κ2) is 10.7. The minimum atomic E-state index is -0.906. The Bertz CT molecular complexity index is 1210. The summed E-state index contributed by atoms with van der Waals surface area (Å²) in [5, 5.41) is 25.7. The Morgan fingerprint density at radius 1 is 1.06 bits per heavy atom. The molecule has 2 aromatic carbocycles. The van der Waals surface area contributed by atoms with Gasteiger partial charge in [0.05, 0.1) is 30.9 Å². The maximum Gasteiger partial charge on any atom is 0.341 e. The number of methoxy groups -OCH3 is 2. The van der Waals surface area contributed by atoms with Gasteiger partial charge in [-0.25, -0.2) is 9.18 Å². The van der Waals surface area contributed by atoms with E-state index in [9.17, 15) is 19.6 Å². The number of esters is 1. The molecule has 0 spiro atoms. The Kier molecular flexibility index (Phi) is 7.68. The topological polar surface area (TPSA) is 110 Å². The molecular formula is C25H25FN2O6. The molecule has 0 saturated heterocycles. The summed E-state index contributed by atoms with van der Waals surface area (Å²) in [6, 6.07) is 7.13. The minimum Gasteiger partial charge on any atom is -0.496 e. The molecule has 3 rings (SSSR count). The molecule has 9 heteroatoms. The van der Waals surface area contributed by atoms with E-state index in [0.717, 1.165) is 5.57 Å². The van der Waals surface area contributed by atoms with Crippen LogP contribution in [-0.4, -0.2) is 42.0 Å². The van der Waals surface area contributed by atoms with Crippen LogP contribution >= 0.6 is 0 Å². The molecule has 0 fully saturated rings. The van der Waals surface area contributed by atoms with Gasteiger partial charge >= 0.3 is 5.97 Å². The van der Waals surface area contributed by atoms with Gasteiger partial charge in [0.25, 0.3) is 0 Å². The van der Waals surface area contributed by atoms with E-state index in [0.29, 0.717) is 16.7 Å². The third kappa shape index (κ3) is 4.78. The normalized spacial score (nSPS) is 15.6. The second-order valence-electron chi connectivity index (χ2n) is 7.65. The SMILES string of the molecule is COc1cc([C@H](CC=C(C)C)OC(=O)c2ccccc2F)c(OC)c2c1C(=NO)C=CC2=NO. The number of nitrogens with zero attached hydrogens (tertiary/aromatic N) is 2. The van der Waals surface area contributed by atoms with E-state index in [1.165, 1.54) is 44.6 Å². The number of halogens is 1. The first-order chi connectivity index (χ1) is 16.4. The van der Waals surface area contributed by atoms with Crippen LogP contribution in [0.5, 0.6) is 11.5 Å². The number of ether oxygens (including phenoxy) is 3. The van der Waals surface area contributed by atoms with Crippen molar-refractivity contribution in [2.24, 2.45) is 10.3 Å². The van der Waals surface area contributed by atoms with Crippen molar-refractivity contribution in [3.05, 3.63) is 82.2 Å². The lowest BCUT2D eigenvalue weighted by molar-refractivity contribution is 0.0292. The Hall–Kier alpha value is -4.14. The lowest BCUT2D eigenvalue weighted by atomic mass is 9.88. The van der Waals surface area contributed by atoms with Gasteiger partial charge in [-0.2, -0.15) is 0 Å². The molecule has 2 N–H and O–H groups in total. The molecule has 178 valence electrons. The zero-order chi connectivity index (χ0) is 24.8. The van der Waals surface area contributed by atoms with Crippen molar-refractivity contribution in [1.29, 1.82) is 0 Å². The summed E-state index contributed by atoms with van der Waals surface area (Å²) in [6.45, 7) is 3.79. The van der Waals surface area contributed by atoms with Crippen LogP contribution in [0, 0.1) is 5.82 Å². The summed E-state index contributed by atoms with van der Waals surface area (Å²) in [5.74, 6) is -1.06. The Morgan fingerprint density at radius 2 is 1.71 bits per heavy atom. The predicted octanol–water partition coefficient (Wildman–Crippen LogP) is 5.02. The van der Waals surface area contributed by atoms with E-state index in [1.54, 1.807) is 12.1 Å². The van der Waals surface area contributed by atoms with Crippen LogP contribution in [-0.2, 0) is 4.74 Å². The molecule has 0 radical (unpaired) electrons. The van der Waals surface area contributed by atoms with Crippen molar-refractivity contribution in [3.63, 3.8) is 0 Å². The second-order valence-corrected chi connectivity index (χ2v) is 7.65. The average Bonchev–Trinajstić information content (AvgIpc) is 2.84. The van der Waals surface area contributed by atoms with E-state index >= 15 is 0 Å². The fraction of sp³-hybridized carbons (Fsp3) is 0.240. The molecular weight excluding hydrogens is 443 g/mol. The van der Waals surface area contributed by atoms with Crippen LogP contribution in [0.15, 0.2) is 64.4 Å². The number of carbonyl (C=O) groups excluding carboxylic acids is 1. The van der Waals surface area contributed by atoms with Crippen molar-refractivity contribution in [2.75, 3.05) is 14.2 Å². The number of benzene rings is 2. The summed E-state index contributed by atoms with van der Waals surface area (Å²) in [7, 11) is 2.83. The number of carbonyl (C=O) groups is 1. The first kappa shape index (κ1) is 24.5. The van der Waals surface area contributed by atoms with Gasteiger partial charge in [0.2, 0.25) is 0 Å². The molecule has 0 saturated carbocycles. The van der Waals surface area contributed by atoms with Crippen molar-refractivity contribution in [1.82, 2.24) is 0 Å². The third-order valence-corrected chi connectivity index (χ3v) is 5.25. The molecule has 0 aromatic heterocycles. The van der Waals surface area contributed by atoms with Gasteiger partial charge in [-0.05, 0) is 44.2 Å². The van der Waals surface area contributed by atoms with Crippen LogP contribution < -0.4 is 9.47 Å². The molecule has 1 aliphatic carbocycles. The third-order valence-electron chi connectivity index (χ3n) is 5.25. The summed E-state index contributed by atoms with van der Waals surface area (Å²) in [6.07, 6.45) is 4.11. The van der Waals surface area contributed by atoms with E-state index in [4.69, 9.17) is 14.2 Å². The summed E-state index contributed by atoms with van der Waals surface area (Å²) in [4.78, 5) is 12.9. The van der Waals surface area contributed by atoms with Gasteiger partial charge in [0.1, 0.15) is 34.8 Å². The maximum atomic E-state index is 14.2. The van der Waals surface area contributed by atoms with Crippen molar-refractivity contribution < 1.29 is 33.8 Å². The predicted molar refractivity (Wildman–Crippen MR) is 124 cm³/mol. The molecule has 0 unspecified atom stereocenters. The quantitative estimate of drug-likeness (QED) is 0.255. The summed E-state index contributed by atoms with van der Waals surface area (Å²) < 4.78 is 31.2. The highest BCUT2D eigenvalue weighted by atomic mass is 19.1. The van der Waals surface area contributed by atoms with E-state index < -0.39 is 17.9 Å². The Balaban J connectivity index is 2.22. The van der Waals surface area contributed by atoms with Crippen LogP contribution in [0.4, 0.5) is 4.39 Å². The first-order valence-corrected chi connectivity index (χ1v) is 10.4. The summed E-state index contributed by atoms with van der Waals surface area (Å²) >= 11 is 0. The average molecular weight is 468 g/mol. The number of oxime groups is 2. The molecule has 0 heterocycles. The highest BCUT2D eigenvalue weighted by Crippen LogP contribution is 2.42. The maximum absolute atomic E-state index is 14.2. The van der Waals surface area contributed by atoms with Crippen molar-refractivity contribution in [2.45, 2.75) is 26.4 Å². The monoisotopic (exact) mass is 468 g/mol. The van der Waals surface area contributed by atoms with Crippen molar-refractivity contribution in [3.8, 4) is 11.5 Å². The molecule has 1 atom stereocenters. The van der Waals surface area contributed by atoms with E-state index in [2.05, 4.69) is 10.3 Å². The molecule has 1 aliphatic rings. The highest BCUT2D eigenvalue weighted by Gasteiger charge is 2.32. The number of hydrogen-bond acceptors (Lipinski definition) is 8. The minimum absolute atomic E-state index is 0.126. The van der Waals surface area contributed by atoms with Crippen LogP contribution in [0.2, 0.25) is 0 Å². The lowest BCUT2D eigenvalue weighted by Gasteiger charge is -2.26. The molecule has 0 aliphatic heterocycles. The van der Waals surface area contributed by atoms with E-state index in [1.807, 2.05) is 19.9 Å². The summed E-state index contributed by atoms with van der Waals surface area (Å²) in [5.41, 5.74) is 2.08.